The normalized spacial score (nSPS) is 12.2. The molecule has 0 fully saturated rings. The molecule has 1 heteroatoms. The van der Waals surface area contributed by atoms with E-state index in [9.17, 15) is 5.11 Å². The summed E-state index contributed by atoms with van der Waals surface area (Å²) in [6.07, 6.45) is 0.966. The summed E-state index contributed by atoms with van der Waals surface area (Å²) in [5, 5.41) is 12.7. The Morgan fingerprint density at radius 3 is 2.33 bits per heavy atom. The zero-order chi connectivity index (χ0) is 16.1. The van der Waals surface area contributed by atoms with Crippen LogP contribution in [0.2, 0.25) is 0 Å². The smallest absolute Gasteiger partial charge is 0.131 e. The fourth-order valence-corrected chi connectivity index (χ4v) is 3.80. The first kappa shape index (κ1) is 13.4. The van der Waals surface area contributed by atoms with Gasteiger partial charge in [0.05, 0.1) is 0 Å². The monoisotopic (exact) mass is 308 g/mol. The predicted molar refractivity (Wildman–Crippen MR) is 99.3 cm³/mol. The van der Waals surface area contributed by atoms with Crippen molar-refractivity contribution in [2.45, 2.75) is 6.42 Å². The Morgan fingerprint density at radius 2 is 1.38 bits per heavy atom. The van der Waals surface area contributed by atoms with Crippen LogP contribution in [0, 0.1) is 0 Å². The lowest BCUT2D eigenvalue weighted by atomic mass is 9.96. The highest BCUT2D eigenvalue weighted by atomic mass is 16.3. The molecule has 24 heavy (non-hydrogen) atoms. The van der Waals surface area contributed by atoms with Crippen LogP contribution in [0.1, 0.15) is 11.1 Å². The van der Waals surface area contributed by atoms with Gasteiger partial charge in [0, 0.05) is 10.9 Å². The molecule has 0 amide bonds. The largest absolute Gasteiger partial charge is 0.507 e. The second kappa shape index (κ2) is 4.97. The molecular weight excluding hydrogens is 292 g/mol. The number of benzene rings is 4. The maximum atomic E-state index is 10.7. The quantitative estimate of drug-likeness (QED) is 0.416. The maximum absolute atomic E-state index is 10.7. The lowest BCUT2D eigenvalue weighted by Gasteiger charge is -2.10. The van der Waals surface area contributed by atoms with Crippen molar-refractivity contribution in [2.75, 3.05) is 0 Å². The van der Waals surface area contributed by atoms with Crippen molar-refractivity contribution in [1.29, 1.82) is 0 Å². The zero-order valence-electron chi connectivity index (χ0n) is 13.2. The zero-order valence-corrected chi connectivity index (χ0v) is 13.2. The van der Waals surface area contributed by atoms with E-state index in [1.165, 1.54) is 22.3 Å². The van der Waals surface area contributed by atoms with Gasteiger partial charge >= 0.3 is 0 Å². The molecule has 0 aromatic heterocycles. The SMILES string of the molecule is Oc1c(-c2ccc3c(c2)Cc2ccccc2-3)ccc2ccccc12. The molecule has 1 nitrogen and oxygen atoms in total. The topological polar surface area (TPSA) is 20.2 Å². The summed E-state index contributed by atoms with van der Waals surface area (Å²) in [6, 6.07) is 27.1. The number of rotatable bonds is 1. The van der Waals surface area contributed by atoms with Gasteiger partial charge in [0.25, 0.3) is 0 Å². The molecule has 0 saturated heterocycles. The Bertz CT molecular complexity index is 1090. The third-order valence-corrected chi connectivity index (χ3v) is 5.01. The number of hydrogen-bond acceptors (Lipinski definition) is 1. The van der Waals surface area contributed by atoms with Crippen LogP contribution >= 0.6 is 0 Å². The van der Waals surface area contributed by atoms with Gasteiger partial charge < -0.3 is 5.11 Å². The minimum atomic E-state index is 0.364. The fraction of sp³-hybridized carbons (Fsp3) is 0.0435. The predicted octanol–water partition coefficient (Wildman–Crippen LogP) is 5.78. The van der Waals surface area contributed by atoms with E-state index in [4.69, 9.17) is 0 Å². The molecule has 1 N–H and O–H groups in total. The highest BCUT2D eigenvalue weighted by Gasteiger charge is 2.19. The first-order valence-electron chi connectivity index (χ1n) is 8.23. The van der Waals surface area contributed by atoms with Crippen molar-refractivity contribution in [3.8, 4) is 28.0 Å². The minimum Gasteiger partial charge on any atom is -0.507 e. The molecule has 0 saturated carbocycles. The fourth-order valence-electron chi connectivity index (χ4n) is 3.80. The van der Waals surface area contributed by atoms with Gasteiger partial charge in [-0.1, -0.05) is 78.9 Å². The van der Waals surface area contributed by atoms with Gasteiger partial charge in [-0.3, -0.25) is 0 Å². The third kappa shape index (κ3) is 1.88. The van der Waals surface area contributed by atoms with Gasteiger partial charge in [0.15, 0.2) is 0 Å². The number of phenols is 1. The Balaban J connectivity index is 1.67. The van der Waals surface area contributed by atoms with Crippen LogP contribution in [0.3, 0.4) is 0 Å². The van der Waals surface area contributed by atoms with Gasteiger partial charge in [-0.2, -0.15) is 0 Å². The van der Waals surface area contributed by atoms with E-state index in [1.807, 2.05) is 30.3 Å². The summed E-state index contributed by atoms with van der Waals surface area (Å²) >= 11 is 0. The summed E-state index contributed by atoms with van der Waals surface area (Å²) < 4.78 is 0. The minimum absolute atomic E-state index is 0.364. The summed E-state index contributed by atoms with van der Waals surface area (Å²) in [5.74, 6) is 0.364. The molecule has 1 aliphatic carbocycles. The van der Waals surface area contributed by atoms with Gasteiger partial charge in [-0.05, 0) is 39.6 Å². The van der Waals surface area contributed by atoms with Crippen LogP contribution in [-0.4, -0.2) is 5.11 Å². The van der Waals surface area contributed by atoms with Crippen molar-refractivity contribution in [3.05, 3.63) is 90.0 Å². The molecule has 4 aromatic carbocycles. The standard InChI is InChI=1S/C23H16O/c24-23-21-8-4-1-5-15(21)9-12-22(23)17-10-11-20-18(14-17)13-16-6-2-3-7-19(16)20/h1-12,14,24H,13H2. The van der Waals surface area contributed by atoms with E-state index in [-0.39, 0.29) is 0 Å². The lowest BCUT2D eigenvalue weighted by molar-refractivity contribution is 0.483. The molecule has 4 aromatic rings. The Hall–Kier alpha value is -3.06. The molecule has 0 bridgehead atoms. The molecule has 0 aliphatic heterocycles. The first-order chi connectivity index (χ1) is 11.8. The van der Waals surface area contributed by atoms with Crippen molar-refractivity contribution in [2.24, 2.45) is 0 Å². The van der Waals surface area contributed by atoms with Crippen LogP contribution in [0.4, 0.5) is 0 Å². The molecule has 0 spiro atoms. The van der Waals surface area contributed by atoms with E-state index in [0.29, 0.717) is 5.75 Å². The molecule has 0 atom stereocenters. The lowest BCUT2D eigenvalue weighted by Crippen LogP contribution is -1.85. The molecule has 0 radical (unpaired) electrons. The number of hydrogen-bond donors (Lipinski definition) is 1. The van der Waals surface area contributed by atoms with Crippen LogP contribution in [0.15, 0.2) is 78.9 Å². The van der Waals surface area contributed by atoms with Crippen molar-refractivity contribution in [3.63, 3.8) is 0 Å². The van der Waals surface area contributed by atoms with Gasteiger partial charge in [-0.25, -0.2) is 0 Å². The summed E-state index contributed by atoms with van der Waals surface area (Å²) in [4.78, 5) is 0. The summed E-state index contributed by atoms with van der Waals surface area (Å²) in [6.45, 7) is 0. The van der Waals surface area contributed by atoms with E-state index in [0.717, 1.165) is 28.3 Å². The molecule has 114 valence electrons. The summed E-state index contributed by atoms with van der Waals surface area (Å²) in [7, 11) is 0. The van der Waals surface area contributed by atoms with Crippen LogP contribution in [0.5, 0.6) is 5.75 Å². The average Bonchev–Trinajstić information content (AvgIpc) is 3.00. The number of fused-ring (bicyclic) bond motifs is 4. The van der Waals surface area contributed by atoms with Gasteiger partial charge in [0.1, 0.15) is 5.75 Å². The van der Waals surface area contributed by atoms with Crippen LogP contribution in [-0.2, 0) is 6.42 Å². The molecular formula is C23H16O. The molecule has 5 rings (SSSR count). The highest BCUT2D eigenvalue weighted by Crippen LogP contribution is 2.41. The van der Waals surface area contributed by atoms with Crippen molar-refractivity contribution < 1.29 is 5.11 Å². The van der Waals surface area contributed by atoms with E-state index < -0.39 is 0 Å². The third-order valence-electron chi connectivity index (χ3n) is 5.01. The molecule has 0 heterocycles. The summed E-state index contributed by atoms with van der Waals surface area (Å²) in [5.41, 5.74) is 7.34. The van der Waals surface area contributed by atoms with Gasteiger partial charge in [-0.15, -0.1) is 0 Å². The Kier molecular flexibility index (Phi) is 2.77. The number of phenolic OH excluding ortho intramolecular Hbond substituents is 1. The van der Waals surface area contributed by atoms with E-state index in [1.54, 1.807) is 0 Å². The van der Waals surface area contributed by atoms with Crippen LogP contribution in [0.25, 0.3) is 33.0 Å². The Morgan fingerprint density at radius 1 is 0.625 bits per heavy atom. The average molecular weight is 308 g/mol. The van der Waals surface area contributed by atoms with Crippen LogP contribution < -0.4 is 0 Å². The molecule has 1 aliphatic rings. The first-order valence-corrected chi connectivity index (χ1v) is 8.23. The van der Waals surface area contributed by atoms with E-state index in [2.05, 4.69) is 48.5 Å². The number of aromatic hydroxyl groups is 1. The molecule has 0 unspecified atom stereocenters. The second-order valence-corrected chi connectivity index (χ2v) is 6.39. The Labute approximate surface area is 140 Å². The second-order valence-electron chi connectivity index (χ2n) is 6.39. The van der Waals surface area contributed by atoms with Crippen molar-refractivity contribution in [1.82, 2.24) is 0 Å². The maximum Gasteiger partial charge on any atom is 0.131 e. The van der Waals surface area contributed by atoms with Crippen molar-refractivity contribution >= 4 is 10.8 Å². The van der Waals surface area contributed by atoms with Gasteiger partial charge in [0.2, 0.25) is 0 Å². The van der Waals surface area contributed by atoms with E-state index >= 15 is 0 Å². The highest BCUT2D eigenvalue weighted by molar-refractivity contribution is 5.95.